The second-order valence-corrected chi connectivity index (χ2v) is 7.90. The van der Waals surface area contributed by atoms with Crippen molar-refractivity contribution in [1.29, 1.82) is 0 Å². The maximum atomic E-state index is 12.3. The van der Waals surface area contributed by atoms with E-state index >= 15 is 0 Å². The van der Waals surface area contributed by atoms with Crippen LogP contribution in [0.1, 0.15) is 25.7 Å². The first-order valence-corrected chi connectivity index (χ1v) is 9.72. The molecule has 0 amide bonds. The lowest BCUT2D eigenvalue weighted by molar-refractivity contribution is -0.164. The molecule has 0 bridgehead atoms. The van der Waals surface area contributed by atoms with Gasteiger partial charge in [0.1, 0.15) is 23.0 Å². The summed E-state index contributed by atoms with van der Waals surface area (Å²) in [4.78, 5) is 24.7. The number of ether oxygens (including phenoxy) is 4. The van der Waals surface area contributed by atoms with Crippen LogP contribution >= 0.6 is 0 Å². The molecule has 2 aliphatic carbocycles. The van der Waals surface area contributed by atoms with Crippen LogP contribution in [-0.2, 0) is 9.59 Å². The molecule has 0 radical (unpaired) electrons. The highest BCUT2D eigenvalue weighted by Crippen LogP contribution is 2.61. The van der Waals surface area contributed by atoms with E-state index in [0.29, 0.717) is 11.5 Å². The van der Waals surface area contributed by atoms with Gasteiger partial charge in [-0.1, -0.05) is 0 Å². The molecule has 0 saturated heterocycles. The predicted octanol–water partition coefficient (Wildman–Crippen LogP) is 4.02. The lowest BCUT2D eigenvalue weighted by atomic mass is 9.48. The molecule has 2 fully saturated rings. The molecule has 1 spiro atoms. The Bertz CT molecular complexity index is 796. The Morgan fingerprint density at radius 1 is 0.655 bits per heavy atom. The first-order valence-electron chi connectivity index (χ1n) is 9.72. The van der Waals surface area contributed by atoms with E-state index < -0.39 is 0 Å². The minimum Gasteiger partial charge on any atom is -0.497 e. The second kappa shape index (κ2) is 7.78. The van der Waals surface area contributed by atoms with Gasteiger partial charge in [-0.25, -0.2) is 0 Å². The maximum Gasteiger partial charge on any atom is 0.314 e. The summed E-state index contributed by atoms with van der Waals surface area (Å²) in [7, 11) is 3.18. The van der Waals surface area contributed by atoms with Crippen molar-refractivity contribution in [3.63, 3.8) is 0 Å². The standard InChI is InChI=1S/C23H24O6/c1-26-17-3-7-19(8-4-17)28-21(24)15-11-23(12-15)13-16(14-23)22(25)29-20-9-5-18(27-2)6-10-20/h3-10,15-16H,11-14H2,1-2H3. The van der Waals surface area contributed by atoms with E-state index in [1.165, 1.54) is 0 Å². The van der Waals surface area contributed by atoms with Gasteiger partial charge in [0.2, 0.25) is 0 Å². The third-order valence-electron chi connectivity index (χ3n) is 5.94. The zero-order valence-corrected chi connectivity index (χ0v) is 16.6. The molecule has 152 valence electrons. The fourth-order valence-electron chi connectivity index (χ4n) is 4.32. The largest absolute Gasteiger partial charge is 0.497 e. The smallest absolute Gasteiger partial charge is 0.314 e. The van der Waals surface area contributed by atoms with Crippen molar-refractivity contribution in [2.45, 2.75) is 25.7 Å². The van der Waals surface area contributed by atoms with Gasteiger partial charge in [-0.15, -0.1) is 0 Å². The number of carbonyl (C=O) groups is 2. The molecule has 0 aliphatic heterocycles. The topological polar surface area (TPSA) is 71.1 Å². The summed E-state index contributed by atoms with van der Waals surface area (Å²) in [5, 5.41) is 0. The predicted molar refractivity (Wildman–Crippen MR) is 105 cm³/mol. The van der Waals surface area contributed by atoms with Crippen LogP contribution in [0.25, 0.3) is 0 Å². The third-order valence-corrected chi connectivity index (χ3v) is 5.94. The molecule has 0 unspecified atom stereocenters. The van der Waals surface area contributed by atoms with E-state index in [9.17, 15) is 9.59 Å². The van der Waals surface area contributed by atoms with Crippen molar-refractivity contribution in [2.24, 2.45) is 17.3 Å². The average Bonchev–Trinajstić information content (AvgIpc) is 2.67. The Labute approximate surface area is 169 Å². The van der Waals surface area contributed by atoms with Crippen LogP contribution in [0.3, 0.4) is 0 Å². The van der Waals surface area contributed by atoms with Crippen molar-refractivity contribution in [2.75, 3.05) is 14.2 Å². The van der Waals surface area contributed by atoms with Crippen LogP contribution in [0.5, 0.6) is 23.0 Å². The summed E-state index contributed by atoms with van der Waals surface area (Å²) in [6, 6.07) is 13.9. The van der Waals surface area contributed by atoms with E-state index in [0.717, 1.165) is 37.2 Å². The summed E-state index contributed by atoms with van der Waals surface area (Å²) >= 11 is 0. The normalized spacial score (nSPS) is 24.8. The number of hydrogen-bond donors (Lipinski definition) is 0. The molecule has 2 aromatic carbocycles. The van der Waals surface area contributed by atoms with E-state index in [4.69, 9.17) is 18.9 Å². The Hall–Kier alpha value is -3.02. The van der Waals surface area contributed by atoms with Crippen LogP contribution in [0.2, 0.25) is 0 Å². The van der Waals surface area contributed by atoms with Crippen LogP contribution in [0.15, 0.2) is 48.5 Å². The van der Waals surface area contributed by atoms with Crippen LogP contribution < -0.4 is 18.9 Å². The highest BCUT2D eigenvalue weighted by molar-refractivity contribution is 5.79. The third kappa shape index (κ3) is 4.06. The SMILES string of the molecule is COc1ccc(OC(=O)C2CC3(C2)CC(C(=O)Oc2ccc(OC)cc2)C3)cc1. The Morgan fingerprint density at radius 3 is 1.28 bits per heavy atom. The van der Waals surface area contributed by atoms with Crippen LogP contribution in [0, 0.1) is 17.3 Å². The van der Waals surface area contributed by atoms with Gasteiger partial charge < -0.3 is 18.9 Å². The van der Waals surface area contributed by atoms with E-state index in [1.807, 2.05) is 0 Å². The Kier molecular flexibility index (Phi) is 5.18. The van der Waals surface area contributed by atoms with Crippen molar-refractivity contribution in [3.8, 4) is 23.0 Å². The van der Waals surface area contributed by atoms with Gasteiger partial charge in [-0.2, -0.15) is 0 Å². The van der Waals surface area contributed by atoms with Crippen molar-refractivity contribution in [1.82, 2.24) is 0 Å². The van der Waals surface area contributed by atoms with E-state index in [1.54, 1.807) is 62.8 Å². The second-order valence-electron chi connectivity index (χ2n) is 7.90. The Morgan fingerprint density at radius 2 is 0.966 bits per heavy atom. The minimum absolute atomic E-state index is 0.0905. The molecule has 4 rings (SSSR count). The summed E-state index contributed by atoms with van der Waals surface area (Å²) in [5.74, 6) is 1.86. The molecule has 0 atom stereocenters. The van der Waals surface area contributed by atoms with Gasteiger partial charge in [-0.3, -0.25) is 9.59 Å². The molecule has 2 aromatic rings. The zero-order valence-electron chi connectivity index (χ0n) is 16.6. The molecule has 0 N–H and O–H groups in total. The lowest BCUT2D eigenvalue weighted by Crippen LogP contribution is -2.53. The number of esters is 2. The lowest BCUT2D eigenvalue weighted by Gasteiger charge is -2.55. The van der Waals surface area contributed by atoms with Crippen molar-refractivity contribution in [3.05, 3.63) is 48.5 Å². The van der Waals surface area contributed by atoms with E-state index in [2.05, 4.69) is 0 Å². The van der Waals surface area contributed by atoms with Gasteiger partial charge in [0.25, 0.3) is 0 Å². The molecule has 6 nitrogen and oxygen atoms in total. The average molecular weight is 396 g/mol. The van der Waals surface area contributed by atoms with Gasteiger partial charge in [0.05, 0.1) is 26.1 Å². The maximum absolute atomic E-state index is 12.3. The molecule has 2 saturated carbocycles. The number of benzene rings is 2. The highest BCUT2D eigenvalue weighted by Gasteiger charge is 2.57. The van der Waals surface area contributed by atoms with Crippen LogP contribution in [-0.4, -0.2) is 26.2 Å². The minimum atomic E-state index is -0.204. The fourth-order valence-corrected chi connectivity index (χ4v) is 4.32. The molecular formula is C23H24O6. The number of carbonyl (C=O) groups excluding carboxylic acids is 2. The number of rotatable bonds is 6. The first kappa shape index (κ1) is 19.3. The zero-order chi connectivity index (χ0) is 20.4. The molecule has 2 aliphatic rings. The molecule has 6 heteroatoms. The number of methoxy groups -OCH3 is 2. The Balaban J connectivity index is 1.22. The summed E-state index contributed by atoms with van der Waals surface area (Å²) in [5.41, 5.74) is 0.0905. The fraction of sp³-hybridized carbons (Fsp3) is 0.391. The van der Waals surface area contributed by atoms with Gasteiger partial charge in [0, 0.05) is 0 Å². The number of hydrogen-bond acceptors (Lipinski definition) is 6. The summed E-state index contributed by atoms with van der Waals surface area (Å²) < 4.78 is 21.1. The van der Waals surface area contributed by atoms with Crippen LogP contribution in [0.4, 0.5) is 0 Å². The van der Waals surface area contributed by atoms with Gasteiger partial charge in [-0.05, 0) is 79.6 Å². The van der Waals surface area contributed by atoms with Crippen molar-refractivity contribution < 1.29 is 28.5 Å². The van der Waals surface area contributed by atoms with E-state index in [-0.39, 0.29) is 29.2 Å². The molecule has 29 heavy (non-hydrogen) atoms. The highest BCUT2D eigenvalue weighted by atomic mass is 16.5. The monoisotopic (exact) mass is 396 g/mol. The first-order chi connectivity index (χ1) is 14.0. The summed E-state index contributed by atoms with van der Waals surface area (Å²) in [6.45, 7) is 0. The quantitative estimate of drug-likeness (QED) is 0.543. The molecule has 0 heterocycles. The molecular weight excluding hydrogens is 372 g/mol. The van der Waals surface area contributed by atoms with Gasteiger partial charge >= 0.3 is 11.9 Å². The van der Waals surface area contributed by atoms with Gasteiger partial charge in [0.15, 0.2) is 0 Å². The van der Waals surface area contributed by atoms with Crippen molar-refractivity contribution >= 4 is 11.9 Å². The summed E-state index contributed by atoms with van der Waals surface area (Å²) in [6.07, 6.45) is 3.09. The molecule has 0 aromatic heterocycles.